The Hall–Kier alpha value is -0.220. The number of esters is 1. The molecule has 1 fully saturated rings. The van der Waals surface area contributed by atoms with Gasteiger partial charge in [-0.05, 0) is 25.3 Å². The van der Waals surface area contributed by atoms with E-state index in [0.29, 0.717) is 0 Å². The van der Waals surface area contributed by atoms with Gasteiger partial charge in [-0.25, -0.2) is 0 Å². The summed E-state index contributed by atoms with van der Waals surface area (Å²) in [6.07, 6.45) is 5.30. The molecule has 0 aliphatic heterocycles. The van der Waals surface area contributed by atoms with E-state index in [1.807, 2.05) is 18.7 Å². The zero-order valence-corrected chi connectivity index (χ0v) is 12.0. The zero-order chi connectivity index (χ0) is 12.7. The molecule has 4 heteroatoms. The first-order valence-corrected chi connectivity index (χ1v) is 7.65. The molecule has 1 saturated carbocycles. The van der Waals surface area contributed by atoms with Gasteiger partial charge in [0.2, 0.25) is 0 Å². The van der Waals surface area contributed by atoms with Crippen LogP contribution in [0.3, 0.4) is 0 Å². The molecular formula is C13H25NO2S. The van der Waals surface area contributed by atoms with E-state index < -0.39 is 0 Å². The van der Waals surface area contributed by atoms with Gasteiger partial charge in [-0.1, -0.05) is 26.7 Å². The number of ether oxygens (including phenoxy) is 1. The molecule has 0 heterocycles. The smallest absolute Gasteiger partial charge is 0.323 e. The first kappa shape index (κ1) is 14.8. The summed E-state index contributed by atoms with van der Waals surface area (Å²) in [6.45, 7) is 5.15. The summed E-state index contributed by atoms with van der Waals surface area (Å²) in [5, 5.41) is 3.92. The number of rotatable bonds is 6. The fourth-order valence-electron chi connectivity index (χ4n) is 2.36. The SMILES string of the molecule is CCNC(CSC1CCCC(C)C1)C(=O)OC. The Balaban J connectivity index is 2.32. The van der Waals surface area contributed by atoms with Crippen molar-refractivity contribution in [2.75, 3.05) is 19.4 Å². The first-order chi connectivity index (χ1) is 8.17. The maximum Gasteiger partial charge on any atom is 0.323 e. The molecule has 0 saturated heterocycles. The molecule has 0 aromatic rings. The molecule has 1 aliphatic carbocycles. The van der Waals surface area contributed by atoms with Gasteiger partial charge in [0.05, 0.1) is 7.11 Å². The third-order valence-electron chi connectivity index (χ3n) is 3.32. The van der Waals surface area contributed by atoms with E-state index in [9.17, 15) is 4.79 Å². The van der Waals surface area contributed by atoms with Crippen LogP contribution in [0.1, 0.15) is 39.5 Å². The average molecular weight is 259 g/mol. The molecule has 1 rings (SSSR count). The monoisotopic (exact) mass is 259 g/mol. The molecule has 3 unspecified atom stereocenters. The predicted molar refractivity (Wildman–Crippen MR) is 73.4 cm³/mol. The molecule has 0 aromatic carbocycles. The van der Waals surface area contributed by atoms with Gasteiger partial charge in [-0.15, -0.1) is 0 Å². The number of methoxy groups -OCH3 is 1. The van der Waals surface area contributed by atoms with E-state index in [1.54, 1.807) is 0 Å². The van der Waals surface area contributed by atoms with E-state index >= 15 is 0 Å². The lowest BCUT2D eigenvalue weighted by Crippen LogP contribution is -2.40. The van der Waals surface area contributed by atoms with Crippen molar-refractivity contribution in [3.05, 3.63) is 0 Å². The van der Waals surface area contributed by atoms with Gasteiger partial charge < -0.3 is 10.1 Å². The van der Waals surface area contributed by atoms with Gasteiger partial charge in [0.1, 0.15) is 6.04 Å². The highest BCUT2D eigenvalue weighted by Gasteiger charge is 2.23. The van der Waals surface area contributed by atoms with Gasteiger partial charge >= 0.3 is 5.97 Å². The molecule has 3 atom stereocenters. The van der Waals surface area contributed by atoms with Crippen molar-refractivity contribution in [2.45, 2.75) is 50.8 Å². The molecule has 0 radical (unpaired) electrons. The highest BCUT2D eigenvalue weighted by atomic mass is 32.2. The van der Waals surface area contributed by atoms with Crippen LogP contribution in [0.2, 0.25) is 0 Å². The van der Waals surface area contributed by atoms with Crippen LogP contribution in [0.15, 0.2) is 0 Å². The molecule has 1 N–H and O–H groups in total. The number of carbonyl (C=O) groups excluding carboxylic acids is 1. The maximum absolute atomic E-state index is 11.5. The average Bonchev–Trinajstić information content (AvgIpc) is 2.33. The molecule has 3 nitrogen and oxygen atoms in total. The number of likely N-dealkylation sites (N-methyl/N-ethyl adjacent to an activating group) is 1. The van der Waals surface area contributed by atoms with Crippen molar-refractivity contribution in [3.63, 3.8) is 0 Å². The van der Waals surface area contributed by atoms with Crippen molar-refractivity contribution in [3.8, 4) is 0 Å². The normalized spacial score (nSPS) is 26.5. The zero-order valence-electron chi connectivity index (χ0n) is 11.2. The Kier molecular flexibility index (Phi) is 6.97. The van der Waals surface area contributed by atoms with Gasteiger partial charge in [0.25, 0.3) is 0 Å². The molecule has 1 aliphatic rings. The Morgan fingerprint density at radius 2 is 2.29 bits per heavy atom. The van der Waals surface area contributed by atoms with Crippen molar-refractivity contribution < 1.29 is 9.53 Å². The molecule has 0 bridgehead atoms. The van der Waals surface area contributed by atoms with Gasteiger partial charge in [-0.2, -0.15) is 11.8 Å². The summed E-state index contributed by atoms with van der Waals surface area (Å²) in [5.41, 5.74) is 0. The molecular weight excluding hydrogens is 234 g/mol. The molecule has 0 aromatic heterocycles. The van der Waals surface area contributed by atoms with Crippen LogP contribution in [0.4, 0.5) is 0 Å². The molecule has 0 spiro atoms. The third-order valence-corrected chi connectivity index (χ3v) is 4.75. The number of carbonyl (C=O) groups is 1. The van der Waals surface area contributed by atoms with Crippen LogP contribution in [0.5, 0.6) is 0 Å². The number of thioether (sulfide) groups is 1. The lowest BCUT2D eigenvalue weighted by atomic mass is 9.91. The van der Waals surface area contributed by atoms with E-state index in [2.05, 4.69) is 12.2 Å². The van der Waals surface area contributed by atoms with Crippen molar-refractivity contribution >= 4 is 17.7 Å². The highest BCUT2D eigenvalue weighted by molar-refractivity contribution is 7.99. The minimum atomic E-state index is -0.146. The number of hydrogen-bond donors (Lipinski definition) is 1. The van der Waals surface area contributed by atoms with Crippen LogP contribution >= 0.6 is 11.8 Å². The summed E-state index contributed by atoms with van der Waals surface area (Å²) >= 11 is 1.93. The topological polar surface area (TPSA) is 38.3 Å². The van der Waals surface area contributed by atoms with Crippen LogP contribution in [0, 0.1) is 5.92 Å². The van der Waals surface area contributed by atoms with Crippen molar-refractivity contribution in [1.29, 1.82) is 0 Å². The molecule has 100 valence electrons. The largest absolute Gasteiger partial charge is 0.468 e. The third kappa shape index (κ3) is 5.30. The second-order valence-corrected chi connectivity index (χ2v) is 6.19. The summed E-state index contributed by atoms with van der Waals surface area (Å²) < 4.78 is 4.81. The van der Waals surface area contributed by atoms with Crippen molar-refractivity contribution in [2.24, 2.45) is 5.92 Å². The lowest BCUT2D eigenvalue weighted by Gasteiger charge is -2.27. The first-order valence-electron chi connectivity index (χ1n) is 6.60. The van der Waals surface area contributed by atoms with E-state index in [-0.39, 0.29) is 12.0 Å². The summed E-state index contributed by atoms with van der Waals surface area (Å²) in [6, 6.07) is -0.146. The van der Waals surface area contributed by atoms with Gasteiger partial charge in [-0.3, -0.25) is 4.79 Å². The fraction of sp³-hybridized carbons (Fsp3) is 0.923. The number of nitrogens with one attached hydrogen (secondary N) is 1. The maximum atomic E-state index is 11.5. The van der Waals surface area contributed by atoms with Crippen LogP contribution in [-0.2, 0) is 9.53 Å². The lowest BCUT2D eigenvalue weighted by molar-refractivity contribution is -0.142. The Morgan fingerprint density at radius 1 is 1.53 bits per heavy atom. The van der Waals surface area contributed by atoms with Gasteiger partial charge in [0.15, 0.2) is 0 Å². The second kappa shape index (κ2) is 7.98. The summed E-state index contributed by atoms with van der Waals surface area (Å²) in [7, 11) is 1.46. The second-order valence-electron chi connectivity index (χ2n) is 4.86. The molecule has 0 amide bonds. The van der Waals surface area contributed by atoms with Crippen LogP contribution in [-0.4, -0.2) is 36.7 Å². The number of hydrogen-bond acceptors (Lipinski definition) is 4. The predicted octanol–water partition coefficient (Wildman–Crippen LogP) is 2.45. The minimum Gasteiger partial charge on any atom is -0.468 e. The van der Waals surface area contributed by atoms with Crippen LogP contribution < -0.4 is 5.32 Å². The summed E-state index contributed by atoms with van der Waals surface area (Å²) in [4.78, 5) is 11.5. The Labute approximate surface area is 109 Å². The van der Waals surface area contributed by atoms with Crippen LogP contribution in [0.25, 0.3) is 0 Å². The fourth-order valence-corrected chi connectivity index (χ4v) is 3.88. The quantitative estimate of drug-likeness (QED) is 0.744. The highest BCUT2D eigenvalue weighted by Crippen LogP contribution is 2.32. The Bertz CT molecular complexity index is 235. The van der Waals surface area contributed by atoms with E-state index in [4.69, 9.17) is 4.74 Å². The standard InChI is InChI=1S/C13H25NO2S/c1-4-14-12(13(15)16-3)9-17-11-7-5-6-10(2)8-11/h10-12,14H,4-9H2,1-3H3. The Morgan fingerprint density at radius 3 is 2.88 bits per heavy atom. The molecule has 17 heavy (non-hydrogen) atoms. The minimum absolute atomic E-state index is 0.136. The van der Waals surface area contributed by atoms with Crippen molar-refractivity contribution in [1.82, 2.24) is 5.32 Å². The summed E-state index contributed by atoms with van der Waals surface area (Å²) in [5.74, 6) is 1.54. The van der Waals surface area contributed by atoms with Gasteiger partial charge in [0, 0.05) is 11.0 Å². The van der Waals surface area contributed by atoms with E-state index in [0.717, 1.165) is 23.5 Å². The van der Waals surface area contributed by atoms with E-state index in [1.165, 1.54) is 32.8 Å².